The molecule has 100 valence electrons. The van der Waals surface area contributed by atoms with Gasteiger partial charge in [-0.15, -0.1) is 0 Å². The molecule has 1 aromatic heterocycles. The standard InChI is InChI=1S/C14H23N3O/c1-4-15-9-11-8-12-10-17(5-2)7-6-13(12)16(3)14(11)18/h8,15H,4-7,9-10H2,1-3H3. The Bertz CT molecular complexity index is 479. The molecule has 0 bridgehead atoms. The molecule has 0 spiro atoms. The van der Waals surface area contributed by atoms with Gasteiger partial charge in [0.1, 0.15) is 0 Å². The number of rotatable bonds is 4. The van der Waals surface area contributed by atoms with Crippen LogP contribution in [0.2, 0.25) is 0 Å². The largest absolute Gasteiger partial charge is 0.315 e. The highest BCUT2D eigenvalue weighted by Crippen LogP contribution is 2.17. The topological polar surface area (TPSA) is 37.3 Å². The van der Waals surface area contributed by atoms with Gasteiger partial charge in [0.25, 0.3) is 5.56 Å². The van der Waals surface area contributed by atoms with Crippen molar-refractivity contribution in [2.45, 2.75) is 33.4 Å². The summed E-state index contributed by atoms with van der Waals surface area (Å²) in [6, 6.07) is 2.10. The van der Waals surface area contributed by atoms with E-state index in [-0.39, 0.29) is 5.56 Å². The van der Waals surface area contributed by atoms with Gasteiger partial charge in [-0.1, -0.05) is 13.8 Å². The summed E-state index contributed by atoms with van der Waals surface area (Å²) >= 11 is 0. The third kappa shape index (κ3) is 2.49. The van der Waals surface area contributed by atoms with Crippen LogP contribution < -0.4 is 10.9 Å². The van der Waals surface area contributed by atoms with E-state index in [0.29, 0.717) is 6.54 Å². The van der Waals surface area contributed by atoms with Crippen LogP contribution in [0.1, 0.15) is 30.7 Å². The Balaban J connectivity index is 2.36. The SMILES string of the molecule is CCNCc1cc2c(n(C)c1=O)CCN(CC)C2. The summed E-state index contributed by atoms with van der Waals surface area (Å²) in [6.45, 7) is 8.91. The van der Waals surface area contributed by atoms with Crippen LogP contribution in [0.4, 0.5) is 0 Å². The lowest BCUT2D eigenvalue weighted by molar-refractivity contribution is 0.262. The maximum Gasteiger partial charge on any atom is 0.255 e. The third-order valence-electron chi connectivity index (χ3n) is 3.77. The minimum absolute atomic E-state index is 0.152. The molecular formula is C14H23N3O. The Morgan fingerprint density at radius 2 is 2.17 bits per heavy atom. The van der Waals surface area contributed by atoms with Crippen molar-refractivity contribution in [3.63, 3.8) is 0 Å². The lowest BCUT2D eigenvalue weighted by Gasteiger charge is -2.29. The second kappa shape index (κ2) is 5.67. The quantitative estimate of drug-likeness (QED) is 0.860. The summed E-state index contributed by atoms with van der Waals surface area (Å²) in [5, 5.41) is 3.24. The fourth-order valence-electron chi connectivity index (χ4n) is 2.61. The van der Waals surface area contributed by atoms with E-state index in [1.54, 1.807) is 0 Å². The highest BCUT2D eigenvalue weighted by Gasteiger charge is 2.19. The Labute approximate surface area is 109 Å². The van der Waals surface area contributed by atoms with Gasteiger partial charge < -0.3 is 9.88 Å². The predicted octanol–water partition coefficient (Wildman–Crippen LogP) is 0.873. The fourth-order valence-corrected chi connectivity index (χ4v) is 2.61. The van der Waals surface area contributed by atoms with E-state index >= 15 is 0 Å². The highest BCUT2D eigenvalue weighted by atomic mass is 16.1. The Kier molecular flexibility index (Phi) is 4.19. The third-order valence-corrected chi connectivity index (χ3v) is 3.77. The summed E-state index contributed by atoms with van der Waals surface area (Å²) in [6.07, 6.45) is 0.983. The van der Waals surface area contributed by atoms with E-state index in [1.807, 2.05) is 11.6 Å². The molecule has 0 saturated heterocycles. The van der Waals surface area contributed by atoms with Crippen molar-refractivity contribution in [2.24, 2.45) is 7.05 Å². The number of nitrogens with zero attached hydrogens (tertiary/aromatic N) is 2. The van der Waals surface area contributed by atoms with Crippen molar-refractivity contribution in [2.75, 3.05) is 19.6 Å². The molecule has 0 amide bonds. The van der Waals surface area contributed by atoms with Crippen molar-refractivity contribution in [3.8, 4) is 0 Å². The fraction of sp³-hybridized carbons (Fsp3) is 0.643. The van der Waals surface area contributed by atoms with E-state index in [4.69, 9.17) is 0 Å². The molecule has 4 heteroatoms. The van der Waals surface area contributed by atoms with Gasteiger partial charge in [0.05, 0.1) is 0 Å². The van der Waals surface area contributed by atoms with Crippen LogP contribution in [0, 0.1) is 0 Å². The molecule has 1 aromatic rings. The van der Waals surface area contributed by atoms with Gasteiger partial charge >= 0.3 is 0 Å². The van der Waals surface area contributed by atoms with Crippen LogP contribution in [-0.4, -0.2) is 29.1 Å². The molecule has 4 nitrogen and oxygen atoms in total. The van der Waals surface area contributed by atoms with Crippen LogP contribution in [0.3, 0.4) is 0 Å². The Morgan fingerprint density at radius 3 is 2.83 bits per heavy atom. The number of nitrogens with one attached hydrogen (secondary N) is 1. The maximum atomic E-state index is 12.2. The van der Waals surface area contributed by atoms with Crippen molar-refractivity contribution < 1.29 is 0 Å². The smallest absolute Gasteiger partial charge is 0.255 e. The average molecular weight is 249 g/mol. The first-order valence-electron chi connectivity index (χ1n) is 6.81. The van der Waals surface area contributed by atoms with Gasteiger partial charge in [-0.2, -0.15) is 0 Å². The molecule has 0 aliphatic carbocycles. The van der Waals surface area contributed by atoms with Gasteiger partial charge in [-0.3, -0.25) is 9.69 Å². The molecule has 1 N–H and O–H groups in total. The van der Waals surface area contributed by atoms with Gasteiger partial charge in [0.15, 0.2) is 0 Å². The maximum absolute atomic E-state index is 12.2. The highest BCUT2D eigenvalue weighted by molar-refractivity contribution is 5.28. The van der Waals surface area contributed by atoms with Crippen LogP contribution in [0.5, 0.6) is 0 Å². The Morgan fingerprint density at radius 1 is 1.39 bits per heavy atom. The van der Waals surface area contributed by atoms with Crippen LogP contribution in [0.25, 0.3) is 0 Å². The number of fused-ring (bicyclic) bond motifs is 1. The lowest BCUT2D eigenvalue weighted by atomic mass is 10.0. The zero-order chi connectivity index (χ0) is 13.1. The minimum Gasteiger partial charge on any atom is -0.315 e. The van der Waals surface area contributed by atoms with Gasteiger partial charge in [-0.05, 0) is 24.7 Å². The number of hydrogen-bond donors (Lipinski definition) is 1. The minimum atomic E-state index is 0.152. The normalized spacial score (nSPS) is 15.7. The summed E-state index contributed by atoms with van der Waals surface area (Å²) in [4.78, 5) is 14.6. The number of pyridine rings is 1. The zero-order valence-corrected chi connectivity index (χ0v) is 11.6. The van der Waals surface area contributed by atoms with Crippen LogP contribution >= 0.6 is 0 Å². The molecule has 0 aromatic carbocycles. The zero-order valence-electron chi connectivity index (χ0n) is 11.6. The van der Waals surface area contributed by atoms with Gasteiger partial charge in [0, 0.05) is 44.4 Å². The van der Waals surface area contributed by atoms with Crippen LogP contribution in [-0.2, 0) is 26.6 Å². The second-order valence-corrected chi connectivity index (χ2v) is 4.90. The van der Waals surface area contributed by atoms with Crippen molar-refractivity contribution in [1.82, 2.24) is 14.8 Å². The second-order valence-electron chi connectivity index (χ2n) is 4.90. The molecule has 2 heterocycles. The van der Waals surface area contributed by atoms with E-state index < -0.39 is 0 Å². The first kappa shape index (κ1) is 13.3. The van der Waals surface area contributed by atoms with Crippen molar-refractivity contribution >= 4 is 0 Å². The summed E-state index contributed by atoms with van der Waals surface area (Å²) in [5.41, 5.74) is 3.57. The molecule has 18 heavy (non-hydrogen) atoms. The first-order chi connectivity index (χ1) is 8.67. The monoisotopic (exact) mass is 249 g/mol. The summed E-state index contributed by atoms with van der Waals surface area (Å²) in [5.74, 6) is 0. The van der Waals surface area contributed by atoms with Gasteiger partial charge in [-0.25, -0.2) is 0 Å². The van der Waals surface area contributed by atoms with Crippen molar-refractivity contribution in [1.29, 1.82) is 0 Å². The van der Waals surface area contributed by atoms with E-state index in [1.165, 1.54) is 11.3 Å². The molecule has 0 atom stereocenters. The predicted molar refractivity (Wildman–Crippen MR) is 73.7 cm³/mol. The molecule has 0 saturated carbocycles. The molecule has 0 unspecified atom stereocenters. The summed E-state index contributed by atoms with van der Waals surface area (Å²) < 4.78 is 1.84. The number of hydrogen-bond acceptors (Lipinski definition) is 3. The number of likely N-dealkylation sites (N-methyl/N-ethyl adjacent to an activating group) is 1. The molecule has 0 radical (unpaired) electrons. The Hall–Kier alpha value is -1.13. The first-order valence-corrected chi connectivity index (χ1v) is 6.81. The average Bonchev–Trinajstić information content (AvgIpc) is 2.40. The lowest BCUT2D eigenvalue weighted by Crippen LogP contribution is -2.36. The van der Waals surface area contributed by atoms with E-state index in [9.17, 15) is 4.79 Å². The summed E-state index contributed by atoms with van der Waals surface area (Å²) in [7, 11) is 1.90. The van der Waals surface area contributed by atoms with Crippen LogP contribution in [0.15, 0.2) is 10.9 Å². The van der Waals surface area contributed by atoms with E-state index in [2.05, 4.69) is 30.1 Å². The van der Waals surface area contributed by atoms with Crippen molar-refractivity contribution in [3.05, 3.63) is 33.2 Å². The van der Waals surface area contributed by atoms with Gasteiger partial charge in [0.2, 0.25) is 0 Å². The number of aromatic nitrogens is 1. The molecule has 0 fully saturated rings. The molecule has 1 aliphatic rings. The molecular weight excluding hydrogens is 226 g/mol. The van der Waals surface area contributed by atoms with E-state index in [0.717, 1.165) is 38.2 Å². The molecule has 1 aliphatic heterocycles. The molecule has 2 rings (SSSR count).